The van der Waals surface area contributed by atoms with Gasteiger partial charge in [0.2, 0.25) is 0 Å². The maximum Gasteiger partial charge on any atom is 0.410 e. The second kappa shape index (κ2) is 8.94. The SMILES string of the molecule is Cc1cc(Cl)cc(CN2C(=O)NC(=O)C2C)c1OC1CCN(C(=O)OC(C)(C)C)CC1. The first-order chi connectivity index (χ1) is 14.4. The summed E-state index contributed by atoms with van der Waals surface area (Å²) in [5.74, 6) is 0.347. The van der Waals surface area contributed by atoms with Gasteiger partial charge in [0.25, 0.3) is 5.91 Å². The van der Waals surface area contributed by atoms with E-state index < -0.39 is 17.7 Å². The molecular formula is C22H30ClN3O5. The van der Waals surface area contributed by atoms with Crippen LogP contribution in [0, 0.1) is 6.92 Å². The number of carbonyl (C=O) groups excluding carboxylic acids is 3. The molecular weight excluding hydrogens is 422 g/mol. The zero-order chi connectivity index (χ0) is 22.9. The molecule has 3 rings (SSSR count). The van der Waals surface area contributed by atoms with E-state index >= 15 is 0 Å². The standard InChI is InChI=1S/C22H30ClN3O5/c1-13-10-16(23)11-15(12-26-14(2)19(27)24-20(26)28)18(13)30-17-6-8-25(9-7-17)21(29)31-22(3,4)5/h10-11,14,17H,6-9,12H2,1-5H3,(H,24,27,28). The number of carbonyl (C=O) groups is 3. The van der Waals surface area contributed by atoms with Crippen molar-refractivity contribution < 1.29 is 23.9 Å². The highest BCUT2D eigenvalue weighted by Crippen LogP contribution is 2.32. The summed E-state index contributed by atoms with van der Waals surface area (Å²) in [4.78, 5) is 39.4. The summed E-state index contributed by atoms with van der Waals surface area (Å²) in [5.41, 5.74) is 1.08. The van der Waals surface area contributed by atoms with E-state index in [2.05, 4.69) is 5.32 Å². The fourth-order valence-electron chi connectivity index (χ4n) is 3.73. The van der Waals surface area contributed by atoms with Crippen molar-refractivity contribution in [3.8, 4) is 5.75 Å². The molecule has 0 spiro atoms. The lowest BCUT2D eigenvalue weighted by molar-refractivity contribution is -0.121. The molecule has 1 aromatic rings. The van der Waals surface area contributed by atoms with Gasteiger partial charge in [-0.1, -0.05) is 11.6 Å². The van der Waals surface area contributed by atoms with Crippen LogP contribution in [0.25, 0.3) is 0 Å². The fraction of sp³-hybridized carbons (Fsp3) is 0.591. The Labute approximate surface area is 187 Å². The molecule has 1 unspecified atom stereocenters. The molecule has 0 aromatic heterocycles. The molecule has 31 heavy (non-hydrogen) atoms. The molecule has 2 fully saturated rings. The predicted molar refractivity (Wildman–Crippen MR) is 116 cm³/mol. The number of nitrogens with zero attached hydrogens (tertiary/aromatic N) is 2. The minimum absolute atomic E-state index is 0.0798. The molecule has 170 valence electrons. The van der Waals surface area contributed by atoms with Crippen LogP contribution in [-0.4, -0.2) is 58.7 Å². The lowest BCUT2D eigenvalue weighted by atomic mass is 10.1. The number of nitrogens with one attached hydrogen (secondary N) is 1. The van der Waals surface area contributed by atoms with Crippen LogP contribution in [0.2, 0.25) is 5.02 Å². The Hall–Kier alpha value is -2.48. The third kappa shape index (κ3) is 5.61. The van der Waals surface area contributed by atoms with Crippen molar-refractivity contribution in [3.63, 3.8) is 0 Å². The van der Waals surface area contributed by atoms with Gasteiger partial charge in [-0.3, -0.25) is 10.1 Å². The fourth-order valence-corrected chi connectivity index (χ4v) is 4.02. The first-order valence-electron chi connectivity index (χ1n) is 10.5. The lowest BCUT2D eigenvalue weighted by Crippen LogP contribution is -2.44. The molecule has 2 aliphatic rings. The van der Waals surface area contributed by atoms with E-state index in [0.29, 0.717) is 36.7 Å². The number of piperidine rings is 1. The van der Waals surface area contributed by atoms with Crippen LogP contribution >= 0.6 is 11.6 Å². The van der Waals surface area contributed by atoms with Crippen molar-refractivity contribution in [2.24, 2.45) is 0 Å². The van der Waals surface area contributed by atoms with Crippen molar-refractivity contribution in [1.82, 2.24) is 15.1 Å². The Bertz CT molecular complexity index is 875. The van der Waals surface area contributed by atoms with Crippen molar-refractivity contribution in [2.75, 3.05) is 13.1 Å². The molecule has 9 heteroatoms. The smallest absolute Gasteiger partial charge is 0.410 e. The van der Waals surface area contributed by atoms with Crippen molar-refractivity contribution in [2.45, 2.75) is 71.8 Å². The number of aryl methyl sites for hydroxylation is 1. The minimum atomic E-state index is -0.559. The van der Waals surface area contributed by atoms with E-state index in [1.165, 1.54) is 4.90 Å². The molecule has 8 nitrogen and oxygen atoms in total. The van der Waals surface area contributed by atoms with Crippen LogP contribution in [0.15, 0.2) is 12.1 Å². The second-order valence-corrected chi connectivity index (χ2v) is 9.53. The maximum absolute atomic E-state index is 12.3. The van der Waals surface area contributed by atoms with Crippen molar-refractivity contribution in [1.29, 1.82) is 0 Å². The predicted octanol–water partition coefficient (Wildman–Crippen LogP) is 3.87. The first-order valence-corrected chi connectivity index (χ1v) is 10.9. The van der Waals surface area contributed by atoms with E-state index in [9.17, 15) is 14.4 Å². The number of hydrogen-bond acceptors (Lipinski definition) is 5. The molecule has 0 saturated carbocycles. The lowest BCUT2D eigenvalue weighted by Gasteiger charge is -2.34. The Kier molecular flexibility index (Phi) is 6.69. The van der Waals surface area contributed by atoms with Gasteiger partial charge in [0.05, 0.1) is 6.54 Å². The summed E-state index contributed by atoms with van der Waals surface area (Å²) >= 11 is 6.26. The number of hydrogen-bond donors (Lipinski definition) is 1. The highest BCUT2D eigenvalue weighted by molar-refractivity contribution is 6.30. The van der Waals surface area contributed by atoms with Gasteiger partial charge in [0.15, 0.2) is 0 Å². The topological polar surface area (TPSA) is 88.2 Å². The average Bonchev–Trinajstić information content (AvgIpc) is 2.89. The van der Waals surface area contributed by atoms with Crippen LogP contribution in [-0.2, 0) is 16.1 Å². The van der Waals surface area contributed by atoms with E-state index in [1.807, 2.05) is 33.8 Å². The van der Waals surface area contributed by atoms with Gasteiger partial charge in [-0.15, -0.1) is 0 Å². The Morgan fingerprint density at radius 2 is 1.87 bits per heavy atom. The van der Waals surface area contributed by atoms with Crippen molar-refractivity contribution in [3.05, 3.63) is 28.3 Å². The minimum Gasteiger partial charge on any atom is -0.490 e. The summed E-state index contributed by atoms with van der Waals surface area (Å²) in [6.07, 6.45) is 0.941. The third-order valence-corrected chi connectivity index (χ3v) is 5.59. The summed E-state index contributed by atoms with van der Waals surface area (Å²) in [6, 6.07) is 2.60. The molecule has 1 N–H and O–H groups in total. The zero-order valence-electron chi connectivity index (χ0n) is 18.7. The number of halogens is 1. The number of urea groups is 1. The highest BCUT2D eigenvalue weighted by atomic mass is 35.5. The van der Waals surface area contributed by atoms with Gasteiger partial charge < -0.3 is 19.3 Å². The number of likely N-dealkylation sites (tertiary alicyclic amines) is 1. The van der Waals surface area contributed by atoms with Gasteiger partial charge in [-0.2, -0.15) is 0 Å². The third-order valence-electron chi connectivity index (χ3n) is 5.37. The molecule has 0 aliphatic carbocycles. The Balaban J connectivity index is 1.69. The molecule has 0 radical (unpaired) electrons. The normalized spacial score (nSPS) is 20.1. The van der Waals surface area contributed by atoms with Gasteiger partial charge >= 0.3 is 12.1 Å². The van der Waals surface area contributed by atoms with E-state index in [1.54, 1.807) is 17.9 Å². The van der Waals surface area contributed by atoms with E-state index in [-0.39, 0.29) is 24.6 Å². The van der Waals surface area contributed by atoms with Crippen LogP contribution < -0.4 is 10.1 Å². The summed E-state index contributed by atoms with van der Waals surface area (Å²) in [6.45, 7) is 10.4. The van der Waals surface area contributed by atoms with Crippen LogP contribution in [0.5, 0.6) is 5.75 Å². The summed E-state index contributed by atoms with van der Waals surface area (Å²) in [7, 11) is 0. The van der Waals surface area contributed by atoms with Gasteiger partial charge in [-0.05, 0) is 52.3 Å². The van der Waals surface area contributed by atoms with E-state index in [4.69, 9.17) is 21.1 Å². The largest absolute Gasteiger partial charge is 0.490 e. The first kappa shape index (κ1) is 23.2. The number of ether oxygens (including phenoxy) is 2. The van der Waals surface area contributed by atoms with Gasteiger partial charge in [-0.25, -0.2) is 9.59 Å². The van der Waals surface area contributed by atoms with Crippen LogP contribution in [0.4, 0.5) is 9.59 Å². The molecule has 0 bridgehead atoms. The Morgan fingerprint density at radius 1 is 1.23 bits per heavy atom. The van der Waals surface area contributed by atoms with Gasteiger partial charge in [0.1, 0.15) is 23.5 Å². The highest BCUT2D eigenvalue weighted by Gasteiger charge is 2.36. The summed E-state index contributed by atoms with van der Waals surface area (Å²) in [5, 5.41) is 2.86. The number of benzene rings is 1. The summed E-state index contributed by atoms with van der Waals surface area (Å²) < 4.78 is 11.8. The number of imide groups is 1. The number of rotatable bonds is 4. The van der Waals surface area contributed by atoms with Crippen molar-refractivity contribution >= 4 is 29.6 Å². The second-order valence-electron chi connectivity index (χ2n) is 9.09. The van der Waals surface area contributed by atoms with Crippen LogP contribution in [0.1, 0.15) is 51.7 Å². The zero-order valence-corrected chi connectivity index (χ0v) is 19.4. The average molecular weight is 452 g/mol. The molecule has 2 heterocycles. The van der Waals surface area contributed by atoms with Crippen LogP contribution in [0.3, 0.4) is 0 Å². The monoisotopic (exact) mass is 451 g/mol. The number of amides is 4. The molecule has 1 atom stereocenters. The van der Waals surface area contributed by atoms with E-state index in [0.717, 1.165) is 11.1 Å². The van der Waals surface area contributed by atoms with Gasteiger partial charge in [0, 0.05) is 36.5 Å². The molecule has 2 saturated heterocycles. The molecule has 1 aromatic carbocycles. The maximum atomic E-state index is 12.3. The Morgan fingerprint density at radius 3 is 2.42 bits per heavy atom. The quantitative estimate of drug-likeness (QED) is 0.702. The molecule has 2 aliphatic heterocycles. The molecule has 4 amide bonds.